The summed E-state index contributed by atoms with van der Waals surface area (Å²) in [4.78, 5) is 27.9. The zero-order valence-electron chi connectivity index (χ0n) is 11.4. The van der Waals surface area contributed by atoms with Crippen LogP contribution in [0.2, 0.25) is 0 Å². The van der Waals surface area contributed by atoms with Crippen molar-refractivity contribution in [1.29, 1.82) is 0 Å². The van der Waals surface area contributed by atoms with Crippen molar-refractivity contribution in [2.75, 3.05) is 13.1 Å². The van der Waals surface area contributed by atoms with Gasteiger partial charge in [0, 0.05) is 20.0 Å². The fourth-order valence-electron chi connectivity index (χ4n) is 1.38. The van der Waals surface area contributed by atoms with Crippen LogP contribution in [0, 0.1) is 0 Å². The molecule has 0 radical (unpaired) electrons. The molecule has 0 aliphatic rings. The first-order chi connectivity index (χ1) is 9.06. The maximum Gasteiger partial charge on any atom is 0.415 e. The second kappa shape index (κ2) is 7.35. The summed E-state index contributed by atoms with van der Waals surface area (Å²) in [5.41, 5.74) is 0.595. The lowest BCUT2D eigenvalue weighted by atomic mass is 10.3. The van der Waals surface area contributed by atoms with E-state index in [-0.39, 0.29) is 12.6 Å². The van der Waals surface area contributed by atoms with Crippen molar-refractivity contribution in [1.82, 2.24) is 9.88 Å². The SMILES string of the molecule is CCN(CC)C(=O)Oc1ccc(COC(C)=O)nc1. The van der Waals surface area contributed by atoms with Crippen molar-refractivity contribution in [2.45, 2.75) is 27.4 Å². The number of rotatable bonds is 5. The van der Waals surface area contributed by atoms with E-state index >= 15 is 0 Å². The van der Waals surface area contributed by atoms with Crippen molar-refractivity contribution in [3.63, 3.8) is 0 Å². The van der Waals surface area contributed by atoms with Gasteiger partial charge in [-0.2, -0.15) is 0 Å². The molecule has 0 aliphatic heterocycles. The van der Waals surface area contributed by atoms with Crippen LogP contribution in [0.3, 0.4) is 0 Å². The van der Waals surface area contributed by atoms with Gasteiger partial charge in [0.2, 0.25) is 0 Å². The predicted molar refractivity (Wildman–Crippen MR) is 68.7 cm³/mol. The summed E-state index contributed by atoms with van der Waals surface area (Å²) in [6.07, 6.45) is 1.03. The Balaban J connectivity index is 2.56. The van der Waals surface area contributed by atoms with E-state index in [0.717, 1.165) is 0 Å². The van der Waals surface area contributed by atoms with Crippen LogP contribution in [0.1, 0.15) is 26.5 Å². The van der Waals surface area contributed by atoms with Gasteiger partial charge in [0.05, 0.1) is 11.9 Å². The highest BCUT2D eigenvalue weighted by atomic mass is 16.6. The zero-order valence-corrected chi connectivity index (χ0v) is 11.4. The maximum absolute atomic E-state index is 11.7. The van der Waals surface area contributed by atoms with Crippen molar-refractivity contribution in [3.05, 3.63) is 24.0 Å². The van der Waals surface area contributed by atoms with Crippen LogP contribution < -0.4 is 4.74 Å². The van der Waals surface area contributed by atoms with E-state index in [1.807, 2.05) is 13.8 Å². The first-order valence-corrected chi connectivity index (χ1v) is 6.11. The van der Waals surface area contributed by atoms with Crippen molar-refractivity contribution in [3.8, 4) is 5.75 Å². The summed E-state index contributed by atoms with van der Waals surface area (Å²) in [5, 5.41) is 0. The lowest BCUT2D eigenvalue weighted by molar-refractivity contribution is -0.142. The van der Waals surface area contributed by atoms with E-state index in [9.17, 15) is 9.59 Å². The van der Waals surface area contributed by atoms with Gasteiger partial charge < -0.3 is 14.4 Å². The molecule has 0 spiro atoms. The molecule has 6 heteroatoms. The molecule has 0 fully saturated rings. The maximum atomic E-state index is 11.7. The molecule has 0 aromatic carbocycles. The summed E-state index contributed by atoms with van der Waals surface area (Å²) in [5.74, 6) is 0.00214. The lowest BCUT2D eigenvalue weighted by Gasteiger charge is -2.17. The minimum atomic E-state index is -0.403. The molecule has 0 saturated carbocycles. The second-order valence-corrected chi connectivity index (χ2v) is 3.81. The standard InChI is InChI=1S/C13H18N2O4/c1-4-15(5-2)13(17)19-12-7-6-11(14-8-12)9-18-10(3)16/h6-8H,4-5,9H2,1-3H3. The van der Waals surface area contributed by atoms with Gasteiger partial charge >= 0.3 is 12.1 Å². The van der Waals surface area contributed by atoms with Crippen LogP contribution in [0.4, 0.5) is 4.79 Å². The summed E-state index contributed by atoms with van der Waals surface area (Å²) < 4.78 is 9.96. The number of amides is 1. The van der Waals surface area contributed by atoms with Gasteiger partial charge in [-0.25, -0.2) is 4.79 Å². The van der Waals surface area contributed by atoms with E-state index in [4.69, 9.17) is 9.47 Å². The quantitative estimate of drug-likeness (QED) is 0.762. The van der Waals surface area contributed by atoms with Crippen LogP contribution in [0.5, 0.6) is 5.75 Å². The third-order valence-electron chi connectivity index (χ3n) is 2.45. The number of nitrogens with zero attached hydrogens (tertiary/aromatic N) is 2. The van der Waals surface area contributed by atoms with Crippen LogP contribution in [0.15, 0.2) is 18.3 Å². The smallest absolute Gasteiger partial charge is 0.415 e. The Morgan fingerprint density at radius 1 is 1.26 bits per heavy atom. The van der Waals surface area contributed by atoms with Crippen LogP contribution >= 0.6 is 0 Å². The second-order valence-electron chi connectivity index (χ2n) is 3.81. The number of hydrogen-bond acceptors (Lipinski definition) is 5. The van der Waals surface area contributed by atoms with E-state index in [2.05, 4.69) is 4.98 Å². The van der Waals surface area contributed by atoms with E-state index < -0.39 is 6.09 Å². The summed E-state index contributed by atoms with van der Waals surface area (Å²) >= 11 is 0. The van der Waals surface area contributed by atoms with Gasteiger partial charge in [0.1, 0.15) is 6.61 Å². The Hall–Kier alpha value is -2.11. The Morgan fingerprint density at radius 3 is 2.42 bits per heavy atom. The van der Waals surface area contributed by atoms with E-state index in [1.54, 1.807) is 17.0 Å². The molecular weight excluding hydrogens is 248 g/mol. The molecule has 1 aromatic heterocycles. The molecule has 19 heavy (non-hydrogen) atoms. The normalized spacial score (nSPS) is 9.84. The third-order valence-corrected chi connectivity index (χ3v) is 2.45. The Morgan fingerprint density at radius 2 is 1.95 bits per heavy atom. The Bertz CT molecular complexity index is 427. The fourth-order valence-corrected chi connectivity index (χ4v) is 1.38. The summed E-state index contributed by atoms with van der Waals surface area (Å²) in [6.45, 7) is 6.39. The summed E-state index contributed by atoms with van der Waals surface area (Å²) in [7, 11) is 0. The van der Waals surface area contributed by atoms with Gasteiger partial charge in [0.15, 0.2) is 5.75 Å². The topological polar surface area (TPSA) is 68.7 Å². The fraction of sp³-hybridized carbons (Fsp3) is 0.462. The van der Waals surface area contributed by atoms with Crippen molar-refractivity contribution >= 4 is 12.1 Å². The molecule has 104 valence electrons. The first kappa shape index (κ1) is 14.9. The van der Waals surface area contributed by atoms with Crippen molar-refractivity contribution in [2.24, 2.45) is 0 Å². The molecule has 0 aliphatic carbocycles. The molecular formula is C13H18N2O4. The van der Waals surface area contributed by atoms with E-state index in [1.165, 1.54) is 13.1 Å². The van der Waals surface area contributed by atoms with Gasteiger partial charge in [-0.3, -0.25) is 9.78 Å². The van der Waals surface area contributed by atoms with Gasteiger partial charge in [-0.15, -0.1) is 0 Å². The molecule has 6 nitrogen and oxygen atoms in total. The summed E-state index contributed by atoms with van der Waals surface area (Å²) in [6, 6.07) is 3.26. The Labute approximate surface area is 112 Å². The number of carbonyl (C=O) groups excluding carboxylic acids is 2. The van der Waals surface area contributed by atoms with Crippen LogP contribution in [-0.4, -0.2) is 35.0 Å². The number of carbonyl (C=O) groups is 2. The zero-order chi connectivity index (χ0) is 14.3. The number of hydrogen-bond donors (Lipinski definition) is 0. The average Bonchev–Trinajstić information content (AvgIpc) is 2.39. The van der Waals surface area contributed by atoms with Crippen LogP contribution in [-0.2, 0) is 16.1 Å². The van der Waals surface area contributed by atoms with Crippen molar-refractivity contribution < 1.29 is 19.1 Å². The molecule has 1 aromatic rings. The molecule has 0 saturated heterocycles. The van der Waals surface area contributed by atoms with Gasteiger partial charge in [0.25, 0.3) is 0 Å². The molecule has 0 unspecified atom stereocenters. The lowest BCUT2D eigenvalue weighted by Crippen LogP contribution is -2.33. The first-order valence-electron chi connectivity index (χ1n) is 6.11. The number of esters is 1. The molecule has 0 atom stereocenters. The minimum absolute atomic E-state index is 0.111. The minimum Gasteiger partial charge on any atom is -0.459 e. The predicted octanol–water partition coefficient (Wildman–Crippen LogP) is 1.99. The molecule has 0 bridgehead atoms. The monoisotopic (exact) mass is 266 g/mol. The van der Waals surface area contributed by atoms with Gasteiger partial charge in [-0.05, 0) is 26.0 Å². The van der Waals surface area contributed by atoms with Gasteiger partial charge in [-0.1, -0.05) is 0 Å². The third kappa shape index (κ3) is 4.95. The molecule has 1 heterocycles. The van der Waals surface area contributed by atoms with Crippen LogP contribution in [0.25, 0.3) is 0 Å². The molecule has 0 N–H and O–H groups in total. The average molecular weight is 266 g/mol. The molecule has 1 rings (SSSR count). The Kier molecular flexibility index (Phi) is 5.78. The molecule has 1 amide bonds. The number of ether oxygens (including phenoxy) is 2. The highest BCUT2D eigenvalue weighted by molar-refractivity contribution is 5.70. The number of pyridine rings is 1. The number of aromatic nitrogens is 1. The highest BCUT2D eigenvalue weighted by Gasteiger charge is 2.12. The van der Waals surface area contributed by atoms with E-state index in [0.29, 0.717) is 24.5 Å². The highest BCUT2D eigenvalue weighted by Crippen LogP contribution is 2.11. The largest absolute Gasteiger partial charge is 0.459 e.